The molecule has 0 aromatic carbocycles. The highest BCUT2D eigenvalue weighted by Gasteiger charge is 2.77. The van der Waals surface area contributed by atoms with Crippen LogP contribution in [-0.4, -0.2) is 40.8 Å². The smallest absolute Gasteiger partial charge is 0.333 e. The van der Waals surface area contributed by atoms with E-state index in [0.717, 1.165) is 43.3 Å². The minimum absolute atomic E-state index is 0.0524. The lowest BCUT2D eigenvalue weighted by atomic mass is 9.43. The molecule has 5 heteroatoms. The summed E-state index contributed by atoms with van der Waals surface area (Å²) in [5.41, 5.74) is 0.243. The van der Waals surface area contributed by atoms with Gasteiger partial charge in [-0.05, 0) is 94.0 Å². The predicted molar refractivity (Wildman–Crippen MR) is 123 cm³/mol. The van der Waals surface area contributed by atoms with Crippen LogP contribution in [0.15, 0.2) is 23.3 Å². The SMILES string of the molecule is CC1=C(C)C(=O)O[C@@H]([C@@H](C)[C@H]2CC[C@H]3[C@@H]4[C@@H]5O[C@@H]5[C@@]5(O)CC=CC(=O)[C@]5(C)[C@H]4CC[C@]23C)C1. The molecule has 11 atom stereocenters. The topological polar surface area (TPSA) is 76.1 Å². The molecule has 0 aromatic heterocycles. The van der Waals surface area contributed by atoms with Gasteiger partial charge in [-0.1, -0.05) is 25.5 Å². The highest BCUT2D eigenvalue weighted by Crippen LogP contribution is 2.71. The van der Waals surface area contributed by atoms with Crippen molar-refractivity contribution in [3.05, 3.63) is 23.3 Å². The molecule has 1 saturated heterocycles. The Morgan fingerprint density at radius 2 is 1.88 bits per heavy atom. The zero-order valence-electron chi connectivity index (χ0n) is 20.6. The van der Waals surface area contributed by atoms with Gasteiger partial charge in [0, 0.05) is 12.0 Å². The van der Waals surface area contributed by atoms with Crippen molar-refractivity contribution in [3.8, 4) is 0 Å². The van der Waals surface area contributed by atoms with E-state index in [0.29, 0.717) is 30.1 Å². The standard InChI is InChI=1S/C28H38O5/c1-14-13-20(32-25(30)15(14)2)16(3)17-8-9-18-22-19(10-12-26(17,18)4)27(5)21(29)7-6-11-28(27,31)24-23(22)33-24/h6-7,16-20,22-24,31H,8-13H2,1-5H3/t16-,17+,18-,19-,20+,22-,23-,24-,26+,27-,28-/m0/s1. The summed E-state index contributed by atoms with van der Waals surface area (Å²) >= 11 is 0. The monoisotopic (exact) mass is 454 g/mol. The van der Waals surface area contributed by atoms with Crippen molar-refractivity contribution in [2.75, 3.05) is 0 Å². The molecule has 0 unspecified atom stereocenters. The number of ketones is 1. The zero-order chi connectivity index (χ0) is 23.5. The van der Waals surface area contributed by atoms with Gasteiger partial charge in [-0.25, -0.2) is 4.79 Å². The lowest BCUT2D eigenvalue weighted by molar-refractivity contribution is -0.182. The lowest BCUT2D eigenvalue weighted by Gasteiger charge is -2.60. The van der Waals surface area contributed by atoms with Crippen molar-refractivity contribution in [1.82, 2.24) is 0 Å². The summed E-state index contributed by atoms with van der Waals surface area (Å²) in [4.78, 5) is 25.7. The Hall–Kier alpha value is -1.46. The largest absolute Gasteiger partial charge is 0.458 e. The Balaban J connectivity index is 1.30. The maximum atomic E-state index is 13.3. The molecular formula is C28H38O5. The molecule has 6 aliphatic rings. The third-order valence-corrected chi connectivity index (χ3v) is 11.6. The highest BCUT2D eigenvalue weighted by atomic mass is 16.6. The van der Waals surface area contributed by atoms with Gasteiger partial charge in [-0.15, -0.1) is 0 Å². The average Bonchev–Trinajstić information content (AvgIpc) is 3.50. The molecule has 6 rings (SSSR count). The lowest BCUT2D eigenvalue weighted by Crippen LogP contribution is -2.67. The molecule has 2 heterocycles. The molecule has 1 N–H and O–H groups in total. The molecule has 3 saturated carbocycles. The van der Waals surface area contributed by atoms with E-state index in [1.165, 1.54) is 0 Å². The first kappa shape index (κ1) is 22.0. The Morgan fingerprint density at radius 3 is 2.61 bits per heavy atom. The minimum atomic E-state index is -1.07. The summed E-state index contributed by atoms with van der Waals surface area (Å²) in [7, 11) is 0. The van der Waals surface area contributed by atoms with Gasteiger partial charge in [0.05, 0.1) is 11.5 Å². The first-order valence-electron chi connectivity index (χ1n) is 13.0. The van der Waals surface area contributed by atoms with E-state index < -0.39 is 11.0 Å². The number of esters is 1. The second-order valence-electron chi connectivity index (χ2n) is 12.5. The number of hydrogen-bond acceptors (Lipinski definition) is 5. The zero-order valence-corrected chi connectivity index (χ0v) is 20.6. The Kier molecular flexibility index (Phi) is 4.55. The van der Waals surface area contributed by atoms with Crippen LogP contribution in [0, 0.1) is 40.4 Å². The fraction of sp³-hybridized carbons (Fsp3) is 0.786. The number of aliphatic hydroxyl groups is 1. The fourth-order valence-corrected chi connectivity index (χ4v) is 9.34. The Morgan fingerprint density at radius 1 is 1.12 bits per heavy atom. The van der Waals surface area contributed by atoms with Crippen molar-refractivity contribution < 1.29 is 24.2 Å². The van der Waals surface area contributed by atoms with Crippen LogP contribution in [0.1, 0.15) is 73.1 Å². The molecule has 180 valence electrons. The van der Waals surface area contributed by atoms with Crippen molar-refractivity contribution in [2.24, 2.45) is 40.4 Å². The number of hydrogen-bond donors (Lipinski definition) is 1. The van der Waals surface area contributed by atoms with Gasteiger partial charge in [0.1, 0.15) is 17.8 Å². The van der Waals surface area contributed by atoms with Crippen LogP contribution >= 0.6 is 0 Å². The van der Waals surface area contributed by atoms with Gasteiger partial charge in [0.15, 0.2) is 5.78 Å². The molecule has 2 aliphatic heterocycles. The summed E-state index contributed by atoms with van der Waals surface area (Å²) in [6, 6.07) is 0. The van der Waals surface area contributed by atoms with Crippen molar-refractivity contribution in [3.63, 3.8) is 0 Å². The Labute approximate surface area is 197 Å². The Bertz CT molecular complexity index is 981. The van der Waals surface area contributed by atoms with Gasteiger partial charge in [0.2, 0.25) is 0 Å². The summed E-state index contributed by atoms with van der Waals surface area (Å²) < 4.78 is 12.1. The highest BCUT2D eigenvalue weighted by molar-refractivity contribution is 5.97. The number of allylic oxidation sites excluding steroid dienone is 1. The van der Waals surface area contributed by atoms with Crippen LogP contribution in [0.2, 0.25) is 0 Å². The third kappa shape index (κ3) is 2.61. The van der Waals surface area contributed by atoms with Crippen LogP contribution in [0.5, 0.6) is 0 Å². The van der Waals surface area contributed by atoms with E-state index in [4.69, 9.17) is 9.47 Å². The quantitative estimate of drug-likeness (QED) is 0.495. The number of carbonyl (C=O) groups excluding carboxylic acids is 2. The molecule has 0 radical (unpaired) electrons. The second-order valence-corrected chi connectivity index (χ2v) is 12.5. The molecule has 4 aliphatic carbocycles. The molecule has 4 fully saturated rings. The average molecular weight is 455 g/mol. The van der Waals surface area contributed by atoms with Crippen LogP contribution in [0.3, 0.4) is 0 Å². The van der Waals surface area contributed by atoms with E-state index in [9.17, 15) is 14.7 Å². The minimum Gasteiger partial charge on any atom is -0.458 e. The number of carbonyl (C=O) groups is 2. The number of epoxide rings is 1. The van der Waals surface area contributed by atoms with Crippen molar-refractivity contribution in [1.29, 1.82) is 0 Å². The van der Waals surface area contributed by atoms with Gasteiger partial charge in [-0.2, -0.15) is 0 Å². The van der Waals surface area contributed by atoms with Crippen LogP contribution in [-0.2, 0) is 19.1 Å². The van der Waals surface area contributed by atoms with Gasteiger partial charge >= 0.3 is 5.97 Å². The summed E-state index contributed by atoms with van der Waals surface area (Å²) in [5, 5.41) is 11.7. The summed E-state index contributed by atoms with van der Waals surface area (Å²) in [6.45, 7) is 10.7. The maximum Gasteiger partial charge on any atom is 0.333 e. The molecular weight excluding hydrogens is 416 g/mol. The first-order chi connectivity index (χ1) is 15.5. The molecule has 0 amide bonds. The predicted octanol–water partition coefficient (Wildman–Crippen LogP) is 4.38. The van der Waals surface area contributed by atoms with E-state index in [1.807, 2.05) is 19.9 Å². The molecule has 0 spiro atoms. The van der Waals surface area contributed by atoms with Crippen LogP contribution < -0.4 is 0 Å². The molecule has 5 nitrogen and oxygen atoms in total. The second kappa shape index (κ2) is 6.81. The van der Waals surface area contributed by atoms with E-state index in [2.05, 4.69) is 20.8 Å². The van der Waals surface area contributed by atoms with Gasteiger partial charge in [-0.3, -0.25) is 4.79 Å². The van der Waals surface area contributed by atoms with E-state index >= 15 is 0 Å². The molecule has 0 aromatic rings. The van der Waals surface area contributed by atoms with Gasteiger partial charge in [0.25, 0.3) is 0 Å². The number of rotatable bonds is 2. The fourth-order valence-electron chi connectivity index (χ4n) is 9.34. The van der Waals surface area contributed by atoms with E-state index in [1.54, 1.807) is 6.08 Å². The number of cyclic esters (lactones) is 1. The molecule has 0 bridgehead atoms. The normalized spacial score (nSPS) is 53.6. The van der Waals surface area contributed by atoms with Crippen molar-refractivity contribution in [2.45, 2.75) is 97.1 Å². The van der Waals surface area contributed by atoms with E-state index in [-0.39, 0.29) is 41.4 Å². The maximum absolute atomic E-state index is 13.3. The third-order valence-electron chi connectivity index (χ3n) is 11.6. The van der Waals surface area contributed by atoms with Crippen LogP contribution in [0.25, 0.3) is 0 Å². The van der Waals surface area contributed by atoms with Crippen LogP contribution in [0.4, 0.5) is 0 Å². The van der Waals surface area contributed by atoms with Crippen molar-refractivity contribution >= 4 is 11.8 Å². The summed E-state index contributed by atoms with van der Waals surface area (Å²) in [5.74, 6) is 1.68. The molecule has 33 heavy (non-hydrogen) atoms. The number of fused-ring (bicyclic) bond motifs is 8. The summed E-state index contributed by atoms with van der Waals surface area (Å²) in [6.07, 6.45) is 8.98. The van der Waals surface area contributed by atoms with Gasteiger partial charge < -0.3 is 14.6 Å². The number of ether oxygens (including phenoxy) is 2. The first-order valence-corrected chi connectivity index (χ1v) is 13.0.